The van der Waals surface area contributed by atoms with Gasteiger partial charge in [-0.1, -0.05) is 12.1 Å². The Labute approximate surface area is 203 Å². The van der Waals surface area contributed by atoms with Crippen molar-refractivity contribution in [2.75, 3.05) is 18.5 Å². The standard InChI is InChI=1S/C24H21F4N5O3/c1-30-22(36)31-17-9-23(10-17)21(35)32(19-7-4-15(11-29)8-18(19)25)13-20(34)33(23)12-14-2-5-16(6-3-14)24(26,27)28/h2-8,17H,9-10,12-13H2,1H3,(H2,30,31,36). The van der Waals surface area contributed by atoms with Gasteiger partial charge in [-0.25, -0.2) is 9.18 Å². The first kappa shape index (κ1) is 25.0. The Morgan fingerprint density at radius 2 is 1.83 bits per heavy atom. The highest BCUT2D eigenvalue weighted by Crippen LogP contribution is 2.44. The maximum Gasteiger partial charge on any atom is 0.416 e. The lowest BCUT2D eigenvalue weighted by Crippen LogP contribution is -2.75. The zero-order chi connectivity index (χ0) is 26.3. The van der Waals surface area contributed by atoms with Crippen molar-refractivity contribution in [3.63, 3.8) is 0 Å². The van der Waals surface area contributed by atoms with Gasteiger partial charge in [0.05, 0.1) is 22.9 Å². The average Bonchev–Trinajstić information content (AvgIpc) is 2.81. The Hall–Kier alpha value is -4.14. The van der Waals surface area contributed by atoms with E-state index < -0.39 is 53.5 Å². The number of urea groups is 1. The van der Waals surface area contributed by atoms with Gasteiger partial charge in [-0.3, -0.25) is 14.5 Å². The summed E-state index contributed by atoms with van der Waals surface area (Å²) in [5.74, 6) is -1.95. The molecule has 36 heavy (non-hydrogen) atoms. The molecule has 0 bridgehead atoms. The van der Waals surface area contributed by atoms with Crippen LogP contribution in [0.1, 0.15) is 29.5 Å². The molecule has 0 atom stereocenters. The van der Waals surface area contributed by atoms with E-state index in [9.17, 15) is 31.9 Å². The van der Waals surface area contributed by atoms with Gasteiger partial charge in [0.15, 0.2) is 0 Å². The predicted molar refractivity (Wildman–Crippen MR) is 119 cm³/mol. The number of benzene rings is 2. The zero-order valence-corrected chi connectivity index (χ0v) is 19.0. The van der Waals surface area contributed by atoms with Crippen LogP contribution in [-0.2, 0) is 22.3 Å². The summed E-state index contributed by atoms with van der Waals surface area (Å²) >= 11 is 0. The number of piperazine rings is 1. The number of amides is 4. The summed E-state index contributed by atoms with van der Waals surface area (Å²) in [6, 6.07) is 8.67. The van der Waals surface area contributed by atoms with Crippen molar-refractivity contribution in [3.05, 3.63) is 65.0 Å². The molecule has 2 aromatic rings. The molecule has 12 heteroatoms. The highest BCUT2D eigenvalue weighted by atomic mass is 19.4. The second kappa shape index (κ2) is 9.14. The minimum absolute atomic E-state index is 0.0417. The number of nitriles is 1. The fourth-order valence-corrected chi connectivity index (χ4v) is 4.62. The molecule has 0 unspecified atom stereocenters. The summed E-state index contributed by atoms with van der Waals surface area (Å²) in [5.41, 5.74) is -2.01. The molecule has 0 aromatic heterocycles. The highest BCUT2D eigenvalue weighted by Gasteiger charge is 2.60. The van der Waals surface area contributed by atoms with Crippen molar-refractivity contribution in [2.24, 2.45) is 0 Å². The van der Waals surface area contributed by atoms with Crippen LogP contribution >= 0.6 is 0 Å². The molecule has 1 aliphatic carbocycles. The molecule has 188 valence electrons. The number of hydrogen-bond donors (Lipinski definition) is 2. The number of hydrogen-bond acceptors (Lipinski definition) is 4. The lowest BCUT2D eigenvalue weighted by Gasteiger charge is -2.56. The summed E-state index contributed by atoms with van der Waals surface area (Å²) in [7, 11) is 1.42. The van der Waals surface area contributed by atoms with Gasteiger partial charge in [0.25, 0.3) is 5.91 Å². The molecule has 1 aliphatic heterocycles. The minimum atomic E-state index is -4.52. The zero-order valence-electron chi connectivity index (χ0n) is 19.0. The van der Waals surface area contributed by atoms with Crippen LogP contribution in [0.5, 0.6) is 0 Å². The molecular weight excluding hydrogens is 482 g/mol. The molecular formula is C24H21F4N5O3. The van der Waals surface area contributed by atoms with Crippen molar-refractivity contribution >= 4 is 23.5 Å². The summed E-state index contributed by atoms with van der Waals surface area (Å²) in [6.07, 6.45) is -4.44. The van der Waals surface area contributed by atoms with E-state index in [0.717, 1.165) is 23.1 Å². The summed E-state index contributed by atoms with van der Waals surface area (Å²) < 4.78 is 53.6. The van der Waals surface area contributed by atoms with E-state index in [2.05, 4.69) is 10.6 Å². The smallest absolute Gasteiger partial charge is 0.341 e. The number of nitrogens with zero attached hydrogens (tertiary/aromatic N) is 3. The third-order valence-electron chi connectivity index (χ3n) is 6.47. The number of anilines is 1. The van der Waals surface area contributed by atoms with Crippen LogP contribution in [-0.4, -0.2) is 47.9 Å². The van der Waals surface area contributed by atoms with Crippen LogP contribution in [0.4, 0.5) is 28.0 Å². The molecule has 2 aliphatic rings. The van der Waals surface area contributed by atoms with Crippen LogP contribution in [0, 0.1) is 17.1 Å². The van der Waals surface area contributed by atoms with Crippen LogP contribution in [0.15, 0.2) is 42.5 Å². The Balaban J connectivity index is 1.65. The first-order valence-electron chi connectivity index (χ1n) is 10.9. The topological polar surface area (TPSA) is 106 Å². The number of alkyl halides is 3. The SMILES string of the molecule is CNC(=O)NC1CC2(C1)C(=O)N(c1ccc(C#N)cc1F)CC(=O)N2Cc1ccc(C(F)(F)F)cc1. The maximum atomic E-state index is 14.7. The molecule has 8 nitrogen and oxygen atoms in total. The van der Waals surface area contributed by atoms with Gasteiger partial charge in [0, 0.05) is 32.5 Å². The third-order valence-corrected chi connectivity index (χ3v) is 6.47. The minimum Gasteiger partial charge on any atom is -0.341 e. The maximum absolute atomic E-state index is 14.7. The summed E-state index contributed by atoms with van der Waals surface area (Å²) in [5, 5.41) is 14.1. The predicted octanol–water partition coefficient (Wildman–Crippen LogP) is 2.92. The van der Waals surface area contributed by atoms with Crippen molar-refractivity contribution in [1.82, 2.24) is 15.5 Å². The van der Waals surface area contributed by atoms with E-state index in [-0.39, 0.29) is 30.6 Å². The lowest BCUT2D eigenvalue weighted by atomic mass is 9.68. The van der Waals surface area contributed by atoms with E-state index in [0.29, 0.717) is 5.56 Å². The fraction of sp³-hybridized carbons (Fsp3) is 0.333. The van der Waals surface area contributed by atoms with Crippen LogP contribution < -0.4 is 15.5 Å². The molecule has 0 radical (unpaired) electrons. The molecule has 4 amide bonds. The van der Waals surface area contributed by atoms with Crippen LogP contribution in [0.25, 0.3) is 0 Å². The average molecular weight is 503 g/mol. The quantitative estimate of drug-likeness (QED) is 0.626. The molecule has 1 saturated carbocycles. The normalized spacial score (nSPS) is 21.7. The molecule has 2 N–H and O–H groups in total. The molecule has 2 aromatic carbocycles. The number of halogens is 4. The monoisotopic (exact) mass is 503 g/mol. The van der Waals surface area contributed by atoms with Gasteiger partial charge in [-0.2, -0.15) is 18.4 Å². The summed E-state index contributed by atoms with van der Waals surface area (Å²) in [6.45, 7) is -0.628. The molecule has 1 heterocycles. The Morgan fingerprint density at radius 3 is 2.39 bits per heavy atom. The second-order valence-corrected chi connectivity index (χ2v) is 8.70. The van der Waals surface area contributed by atoms with Crippen molar-refractivity contribution in [1.29, 1.82) is 5.26 Å². The van der Waals surface area contributed by atoms with E-state index in [1.807, 2.05) is 0 Å². The Bertz CT molecular complexity index is 1250. The number of carbonyl (C=O) groups excluding carboxylic acids is 3. The first-order valence-corrected chi connectivity index (χ1v) is 10.9. The first-order chi connectivity index (χ1) is 17.0. The molecule has 1 saturated heterocycles. The third kappa shape index (κ3) is 4.44. The van der Waals surface area contributed by atoms with Gasteiger partial charge in [0.2, 0.25) is 5.91 Å². The molecule has 2 fully saturated rings. The Morgan fingerprint density at radius 1 is 1.17 bits per heavy atom. The lowest BCUT2D eigenvalue weighted by molar-refractivity contribution is -0.159. The van der Waals surface area contributed by atoms with Crippen molar-refractivity contribution in [2.45, 2.75) is 37.1 Å². The van der Waals surface area contributed by atoms with Gasteiger partial charge in [-0.15, -0.1) is 0 Å². The van der Waals surface area contributed by atoms with Gasteiger partial charge < -0.3 is 15.5 Å². The second-order valence-electron chi connectivity index (χ2n) is 8.70. The molecule has 1 spiro atoms. The van der Waals surface area contributed by atoms with Gasteiger partial charge in [-0.05, 0) is 35.9 Å². The number of rotatable bonds is 4. The van der Waals surface area contributed by atoms with Gasteiger partial charge >= 0.3 is 12.2 Å². The van der Waals surface area contributed by atoms with Crippen molar-refractivity contribution < 1.29 is 31.9 Å². The van der Waals surface area contributed by atoms with E-state index in [4.69, 9.17) is 5.26 Å². The van der Waals surface area contributed by atoms with Crippen LogP contribution in [0.3, 0.4) is 0 Å². The van der Waals surface area contributed by atoms with E-state index in [1.165, 1.54) is 36.2 Å². The van der Waals surface area contributed by atoms with Crippen LogP contribution in [0.2, 0.25) is 0 Å². The largest absolute Gasteiger partial charge is 0.416 e. The summed E-state index contributed by atoms with van der Waals surface area (Å²) in [4.78, 5) is 41.0. The van der Waals surface area contributed by atoms with E-state index in [1.54, 1.807) is 6.07 Å². The molecule has 4 rings (SSSR count). The Kier molecular flexibility index (Phi) is 6.34. The number of nitrogens with one attached hydrogen (secondary N) is 2. The highest BCUT2D eigenvalue weighted by molar-refractivity contribution is 6.10. The number of carbonyl (C=O) groups is 3. The van der Waals surface area contributed by atoms with Gasteiger partial charge in [0.1, 0.15) is 17.9 Å². The van der Waals surface area contributed by atoms with E-state index >= 15 is 0 Å². The fourth-order valence-electron chi connectivity index (χ4n) is 4.62. The van der Waals surface area contributed by atoms with Crippen molar-refractivity contribution in [3.8, 4) is 6.07 Å².